The maximum Gasteiger partial charge on any atom is 0.339 e. The fourth-order valence-corrected chi connectivity index (χ4v) is 3.71. The zero-order valence-electron chi connectivity index (χ0n) is 18.9. The van der Waals surface area contributed by atoms with Gasteiger partial charge in [0.25, 0.3) is 0 Å². The van der Waals surface area contributed by atoms with Crippen molar-refractivity contribution < 1.29 is 4.79 Å². The molecule has 0 fully saturated rings. The zero-order valence-corrected chi connectivity index (χ0v) is 20.5. The summed E-state index contributed by atoms with van der Waals surface area (Å²) in [6, 6.07) is 16.0. The summed E-state index contributed by atoms with van der Waals surface area (Å²) in [7, 11) is 0. The summed E-state index contributed by atoms with van der Waals surface area (Å²) in [6.45, 7) is 12.7. The molecule has 0 unspecified atom stereocenters. The molecule has 0 spiro atoms. The first-order valence-corrected chi connectivity index (χ1v) is 11.0. The van der Waals surface area contributed by atoms with Crippen LogP contribution in [0.5, 0.6) is 0 Å². The molecule has 6 heteroatoms. The second-order valence-corrected chi connectivity index (χ2v) is 9.60. The van der Waals surface area contributed by atoms with Gasteiger partial charge in [-0.2, -0.15) is 5.10 Å². The number of nitrogens with zero attached hydrogens (tertiary/aromatic N) is 2. The Hall–Kier alpha value is -2.86. The molecule has 2 N–H and O–H groups in total. The number of halogens is 1. The summed E-state index contributed by atoms with van der Waals surface area (Å²) in [6.07, 6.45) is 1.68. The third-order valence-corrected chi connectivity index (χ3v) is 6.14. The number of amides is 2. The standard InChI is InChI=1S/C25H29BrN4O/c1-16-13-21(9-12-23(16)26)28-24(31)29-27-15-19-14-17(2)30(18(19)3)22-10-7-20(8-11-22)25(4,5)6/h7-15H,1-6H3,(H2,28,29,31)/b27-15+. The van der Waals surface area contributed by atoms with Crippen LogP contribution < -0.4 is 10.7 Å². The Bertz CT molecular complexity index is 1120. The summed E-state index contributed by atoms with van der Waals surface area (Å²) in [5, 5.41) is 6.90. The van der Waals surface area contributed by atoms with E-state index >= 15 is 0 Å². The summed E-state index contributed by atoms with van der Waals surface area (Å²) in [4.78, 5) is 12.1. The molecular weight excluding hydrogens is 452 g/mol. The van der Waals surface area contributed by atoms with Crippen LogP contribution in [0.25, 0.3) is 5.69 Å². The van der Waals surface area contributed by atoms with Crippen molar-refractivity contribution in [3.05, 3.63) is 81.1 Å². The number of carbonyl (C=O) groups excluding carboxylic acids is 1. The van der Waals surface area contributed by atoms with Crippen molar-refractivity contribution in [1.82, 2.24) is 9.99 Å². The van der Waals surface area contributed by atoms with Gasteiger partial charge in [0.15, 0.2) is 0 Å². The Kier molecular flexibility index (Phi) is 6.70. The molecule has 0 aliphatic carbocycles. The van der Waals surface area contributed by atoms with Gasteiger partial charge in [-0.25, -0.2) is 10.2 Å². The molecule has 2 amide bonds. The van der Waals surface area contributed by atoms with E-state index in [4.69, 9.17) is 0 Å². The summed E-state index contributed by atoms with van der Waals surface area (Å²) < 4.78 is 3.19. The van der Waals surface area contributed by atoms with E-state index < -0.39 is 0 Å². The third kappa shape index (κ3) is 5.44. The van der Waals surface area contributed by atoms with Gasteiger partial charge in [0.1, 0.15) is 0 Å². The fourth-order valence-electron chi connectivity index (χ4n) is 3.47. The van der Waals surface area contributed by atoms with Gasteiger partial charge in [0.2, 0.25) is 0 Å². The molecule has 0 radical (unpaired) electrons. The molecule has 1 aromatic heterocycles. The van der Waals surface area contributed by atoms with Crippen LogP contribution in [0.2, 0.25) is 0 Å². The Morgan fingerprint density at radius 2 is 1.71 bits per heavy atom. The predicted molar refractivity (Wildman–Crippen MR) is 133 cm³/mol. The lowest BCUT2D eigenvalue weighted by Gasteiger charge is -2.20. The smallest absolute Gasteiger partial charge is 0.318 e. The van der Waals surface area contributed by atoms with Crippen molar-refractivity contribution in [2.75, 3.05) is 5.32 Å². The summed E-state index contributed by atoms with van der Waals surface area (Å²) in [5.41, 5.74) is 9.96. The second kappa shape index (κ2) is 9.10. The van der Waals surface area contributed by atoms with E-state index in [9.17, 15) is 4.79 Å². The number of aromatic nitrogens is 1. The number of urea groups is 1. The topological polar surface area (TPSA) is 58.4 Å². The highest BCUT2D eigenvalue weighted by Crippen LogP contribution is 2.25. The zero-order chi connectivity index (χ0) is 22.8. The molecule has 0 saturated heterocycles. The van der Waals surface area contributed by atoms with Crippen molar-refractivity contribution >= 4 is 33.9 Å². The molecule has 31 heavy (non-hydrogen) atoms. The van der Waals surface area contributed by atoms with Crippen LogP contribution in [0.3, 0.4) is 0 Å². The highest BCUT2D eigenvalue weighted by atomic mass is 79.9. The lowest BCUT2D eigenvalue weighted by molar-refractivity contribution is 0.252. The number of hydrogen-bond donors (Lipinski definition) is 2. The quantitative estimate of drug-likeness (QED) is 0.319. The van der Waals surface area contributed by atoms with E-state index in [0.717, 1.165) is 32.7 Å². The Morgan fingerprint density at radius 1 is 1.03 bits per heavy atom. The molecule has 0 atom stereocenters. The van der Waals surface area contributed by atoms with Crippen molar-refractivity contribution in [3.63, 3.8) is 0 Å². The van der Waals surface area contributed by atoms with E-state index in [0.29, 0.717) is 5.69 Å². The molecule has 0 bridgehead atoms. The normalized spacial score (nSPS) is 11.7. The Morgan fingerprint density at radius 3 is 2.32 bits per heavy atom. The minimum atomic E-state index is -0.385. The first-order chi connectivity index (χ1) is 14.6. The van der Waals surface area contributed by atoms with Crippen LogP contribution in [0, 0.1) is 20.8 Å². The molecule has 0 aliphatic heterocycles. The van der Waals surface area contributed by atoms with E-state index in [1.807, 2.05) is 25.1 Å². The van der Waals surface area contributed by atoms with Gasteiger partial charge >= 0.3 is 6.03 Å². The summed E-state index contributed by atoms with van der Waals surface area (Å²) >= 11 is 3.45. The number of nitrogens with one attached hydrogen (secondary N) is 2. The average molecular weight is 481 g/mol. The van der Waals surface area contributed by atoms with Crippen LogP contribution in [-0.4, -0.2) is 16.8 Å². The maximum atomic E-state index is 12.1. The van der Waals surface area contributed by atoms with Crippen LogP contribution in [0.15, 0.2) is 58.1 Å². The largest absolute Gasteiger partial charge is 0.339 e. The highest BCUT2D eigenvalue weighted by molar-refractivity contribution is 9.10. The van der Waals surface area contributed by atoms with E-state index in [1.165, 1.54) is 5.56 Å². The molecular formula is C25H29BrN4O. The molecule has 0 aliphatic rings. The van der Waals surface area contributed by atoms with Crippen molar-refractivity contribution in [1.29, 1.82) is 0 Å². The van der Waals surface area contributed by atoms with E-state index in [-0.39, 0.29) is 11.4 Å². The monoisotopic (exact) mass is 480 g/mol. The number of hydrogen-bond acceptors (Lipinski definition) is 2. The van der Waals surface area contributed by atoms with Gasteiger partial charge in [-0.1, -0.05) is 48.8 Å². The van der Waals surface area contributed by atoms with Gasteiger partial charge in [0, 0.05) is 32.8 Å². The lowest BCUT2D eigenvalue weighted by atomic mass is 9.87. The Labute approximate surface area is 192 Å². The Balaban J connectivity index is 1.70. The highest BCUT2D eigenvalue weighted by Gasteiger charge is 2.14. The van der Waals surface area contributed by atoms with Gasteiger partial charge in [0.05, 0.1) is 6.21 Å². The van der Waals surface area contributed by atoms with Crippen LogP contribution >= 0.6 is 15.9 Å². The van der Waals surface area contributed by atoms with Crippen LogP contribution in [0.1, 0.15) is 48.8 Å². The molecule has 0 saturated carbocycles. The van der Waals surface area contributed by atoms with Crippen LogP contribution in [0.4, 0.5) is 10.5 Å². The van der Waals surface area contributed by atoms with Gasteiger partial charge in [-0.3, -0.25) is 0 Å². The number of aryl methyl sites for hydroxylation is 2. The number of rotatable bonds is 4. The number of anilines is 1. The lowest BCUT2D eigenvalue weighted by Crippen LogP contribution is -2.24. The van der Waals surface area contributed by atoms with Crippen molar-refractivity contribution in [3.8, 4) is 5.69 Å². The average Bonchev–Trinajstić information content (AvgIpc) is 2.97. The first kappa shape index (κ1) is 22.8. The summed E-state index contributed by atoms with van der Waals surface area (Å²) in [5.74, 6) is 0. The predicted octanol–water partition coefficient (Wildman–Crippen LogP) is 6.62. The van der Waals surface area contributed by atoms with Gasteiger partial charge in [-0.05, 0) is 73.7 Å². The van der Waals surface area contributed by atoms with Crippen molar-refractivity contribution in [2.24, 2.45) is 5.10 Å². The van der Waals surface area contributed by atoms with Crippen molar-refractivity contribution in [2.45, 2.75) is 47.0 Å². The second-order valence-electron chi connectivity index (χ2n) is 8.75. The molecule has 1 heterocycles. The molecule has 5 nitrogen and oxygen atoms in total. The van der Waals surface area contributed by atoms with E-state index in [1.54, 1.807) is 6.21 Å². The first-order valence-electron chi connectivity index (χ1n) is 10.2. The molecule has 2 aromatic carbocycles. The minimum absolute atomic E-state index is 0.123. The van der Waals surface area contributed by atoms with Gasteiger partial charge in [-0.15, -0.1) is 0 Å². The molecule has 3 aromatic rings. The number of benzene rings is 2. The van der Waals surface area contributed by atoms with E-state index in [2.05, 4.69) is 101 Å². The van der Waals surface area contributed by atoms with Crippen LogP contribution in [-0.2, 0) is 5.41 Å². The maximum absolute atomic E-state index is 12.1. The SMILES string of the molecule is Cc1cc(NC(=O)N/N=C/c2cc(C)n(-c3ccc(C(C)(C)C)cc3)c2C)ccc1Br. The number of carbonyl (C=O) groups is 1. The fraction of sp³-hybridized carbons (Fsp3) is 0.280. The minimum Gasteiger partial charge on any atom is -0.318 e. The number of hydrazone groups is 1. The molecule has 162 valence electrons. The van der Waals surface area contributed by atoms with Gasteiger partial charge < -0.3 is 9.88 Å². The third-order valence-electron chi connectivity index (χ3n) is 5.25. The molecule has 3 rings (SSSR count).